The van der Waals surface area contributed by atoms with Gasteiger partial charge in [0.05, 0.1) is 0 Å². The van der Waals surface area contributed by atoms with E-state index >= 15 is 0 Å². The number of halogens is 1. The fraction of sp³-hybridized carbons (Fsp3) is 0.385. The molecule has 1 amide bonds. The van der Waals surface area contributed by atoms with Gasteiger partial charge in [0.15, 0.2) is 0 Å². The first-order valence-corrected chi connectivity index (χ1v) is 5.86. The molecule has 0 aliphatic heterocycles. The summed E-state index contributed by atoms with van der Waals surface area (Å²) >= 11 is 0. The van der Waals surface area contributed by atoms with E-state index in [1.807, 2.05) is 0 Å². The van der Waals surface area contributed by atoms with Crippen molar-refractivity contribution in [3.05, 3.63) is 35.1 Å². The highest BCUT2D eigenvalue weighted by atomic mass is 19.1. The maximum Gasteiger partial charge on any atom is 0.253 e. The highest BCUT2D eigenvalue weighted by molar-refractivity contribution is 5.94. The van der Waals surface area contributed by atoms with E-state index in [0.717, 1.165) is 0 Å². The second kappa shape index (κ2) is 6.17. The number of hydrogen-bond donors (Lipinski definition) is 2. The van der Waals surface area contributed by atoms with Gasteiger partial charge in [-0.25, -0.2) is 4.39 Å². The van der Waals surface area contributed by atoms with Gasteiger partial charge in [0.1, 0.15) is 11.7 Å². The summed E-state index contributed by atoms with van der Waals surface area (Å²) in [4.78, 5) is 13.6. The summed E-state index contributed by atoms with van der Waals surface area (Å²) in [6.07, 6.45) is 0.243. The summed E-state index contributed by atoms with van der Waals surface area (Å²) in [5.74, 6) is -0.704. The van der Waals surface area contributed by atoms with Gasteiger partial charge in [-0.1, -0.05) is 5.16 Å². The minimum Gasteiger partial charge on any atom is -0.409 e. The molecule has 3 N–H and O–H groups in total. The van der Waals surface area contributed by atoms with Gasteiger partial charge in [0, 0.05) is 25.1 Å². The predicted molar refractivity (Wildman–Crippen MR) is 70.7 cm³/mol. The molecule has 0 heterocycles. The van der Waals surface area contributed by atoms with Crippen molar-refractivity contribution in [2.24, 2.45) is 10.9 Å². The first-order valence-electron chi connectivity index (χ1n) is 5.86. The molecule has 0 aromatic heterocycles. The summed E-state index contributed by atoms with van der Waals surface area (Å²) in [6.45, 7) is 3.49. The molecular formula is C13H18FN3O2. The maximum atomic E-state index is 13.3. The Labute approximate surface area is 111 Å². The van der Waals surface area contributed by atoms with Gasteiger partial charge in [-0.15, -0.1) is 0 Å². The molecule has 0 spiro atoms. The number of amides is 1. The largest absolute Gasteiger partial charge is 0.409 e. The number of aryl methyl sites for hydroxylation is 1. The van der Waals surface area contributed by atoms with Crippen LogP contribution in [0.3, 0.4) is 0 Å². The number of amidine groups is 1. The minimum absolute atomic E-state index is 0.0440. The van der Waals surface area contributed by atoms with Crippen LogP contribution in [0.2, 0.25) is 0 Å². The molecule has 0 aliphatic carbocycles. The molecule has 1 aromatic carbocycles. The Kier molecular flexibility index (Phi) is 4.86. The third-order valence-corrected chi connectivity index (χ3v) is 2.90. The lowest BCUT2D eigenvalue weighted by atomic mass is 10.1. The van der Waals surface area contributed by atoms with Crippen molar-refractivity contribution >= 4 is 11.7 Å². The fourth-order valence-electron chi connectivity index (χ4n) is 1.74. The highest BCUT2D eigenvalue weighted by Gasteiger charge is 2.19. The van der Waals surface area contributed by atoms with Crippen molar-refractivity contribution in [2.75, 3.05) is 7.05 Å². The molecule has 19 heavy (non-hydrogen) atoms. The molecule has 5 nitrogen and oxygen atoms in total. The summed E-state index contributed by atoms with van der Waals surface area (Å²) in [5, 5.41) is 11.4. The summed E-state index contributed by atoms with van der Waals surface area (Å²) < 4.78 is 13.3. The Hall–Kier alpha value is -2.11. The van der Waals surface area contributed by atoms with Crippen molar-refractivity contribution in [1.29, 1.82) is 0 Å². The minimum atomic E-state index is -0.444. The summed E-state index contributed by atoms with van der Waals surface area (Å²) in [6, 6.07) is 3.92. The molecule has 1 aromatic rings. The zero-order chi connectivity index (χ0) is 14.6. The molecule has 1 unspecified atom stereocenters. The van der Waals surface area contributed by atoms with Crippen molar-refractivity contribution in [3.63, 3.8) is 0 Å². The molecule has 1 atom stereocenters. The number of oxime groups is 1. The molecule has 0 bridgehead atoms. The SMILES string of the molecule is Cc1cc(F)cc(C(=O)N(C)C(C)C/C(N)=N/O)c1. The maximum absolute atomic E-state index is 13.3. The third-order valence-electron chi connectivity index (χ3n) is 2.90. The van der Waals surface area contributed by atoms with E-state index in [2.05, 4.69) is 5.16 Å². The van der Waals surface area contributed by atoms with Crippen molar-refractivity contribution in [3.8, 4) is 0 Å². The molecule has 0 radical (unpaired) electrons. The van der Waals surface area contributed by atoms with Crippen LogP contribution in [-0.4, -0.2) is 34.9 Å². The standard InChI is InChI=1S/C13H18FN3O2/c1-8-4-10(7-11(14)5-8)13(18)17(3)9(2)6-12(15)16-19/h4-5,7,9,19H,6H2,1-3H3,(H2,15,16). The van der Waals surface area contributed by atoms with Gasteiger partial charge in [0.25, 0.3) is 5.91 Å². The number of benzene rings is 1. The second-order valence-electron chi connectivity index (χ2n) is 4.58. The van der Waals surface area contributed by atoms with E-state index in [9.17, 15) is 9.18 Å². The Morgan fingerprint density at radius 2 is 2.16 bits per heavy atom. The lowest BCUT2D eigenvalue weighted by Crippen LogP contribution is -2.37. The summed E-state index contributed by atoms with van der Waals surface area (Å²) in [7, 11) is 1.60. The van der Waals surface area contributed by atoms with Gasteiger partial charge in [0.2, 0.25) is 0 Å². The normalized spacial score (nSPS) is 13.2. The van der Waals surface area contributed by atoms with Crippen LogP contribution in [-0.2, 0) is 0 Å². The van der Waals surface area contributed by atoms with Gasteiger partial charge in [-0.2, -0.15) is 0 Å². The van der Waals surface area contributed by atoms with Crippen LogP contribution in [0.25, 0.3) is 0 Å². The fourth-order valence-corrected chi connectivity index (χ4v) is 1.74. The van der Waals surface area contributed by atoms with E-state index in [4.69, 9.17) is 10.9 Å². The van der Waals surface area contributed by atoms with Crippen LogP contribution in [0.4, 0.5) is 4.39 Å². The third kappa shape index (κ3) is 3.94. The van der Waals surface area contributed by atoms with Crippen LogP contribution >= 0.6 is 0 Å². The Balaban J connectivity index is 2.87. The number of rotatable bonds is 4. The quantitative estimate of drug-likeness (QED) is 0.377. The van der Waals surface area contributed by atoms with Crippen LogP contribution < -0.4 is 5.73 Å². The predicted octanol–water partition coefficient (Wildman–Crippen LogP) is 1.73. The number of carbonyl (C=O) groups excluding carboxylic acids is 1. The van der Waals surface area contributed by atoms with Gasteiger partial charge in [-0.3, -0.25) is 4.79 Å². The van der Waals surface area contributed by atoms with Gasteiger partial charge in [-0.05, 0) is 37.6 Å². The van der Waals surface area contributed by atoms with E-state index in [1.54, 1.807) is 27.0 Å². The van der Waals surface area contributed by atoms with Crippen molar-refractivity contribution in [1.82, 2.24) is 4.90 Å². The average molecular weight is 267 g/mol. The number of hydrogen-bond acceptors (Lipinski definition) is 3. The zero-order valence-electron chi connectivity index (χ0n) is 11.2. The first kappa shape index (κ1) is 14.9. The van der Waals surface area contributed by atoms with E-state index < -0.39 is 5.82 Å². The monoisotopic (exact) mass is 267 g/mol. The molecule has 104 valence electrons. The zero-order valence-corrected chi connectivity index (χ0v) is 11.2. The van der Waals surface area contributed by atoms with Crippen molar-refractivity contribution < 1.29 is 14.4 Å². The smallest absolute Gasteiger partial charge is 0.253 e. The van der Waals surface area contributed by atoms with Crippen LogP contribution in [0.15, 0.2) is 23.4 Å². The van der Waals surface area contributed by atoms with Crippen molar-refractivity contribution in [2.45, 2.75) is 26.3 Å². The lowest BCUT2D eigenvalue weighted by Gasteiger charge is -2.24. The topological polar surface area (TPSA) is 78.9 Å². The lowest BCUT2D eigenvalue weighted by molar-refractivity contribution is 0.0746. The Bertz CT molecular complexity index is 482. The van der Waals surface area contributed by atoms with Gasteiger partial charge < -0.3 is 15.8 Å². The Morgan fingerprint density at radius 3 is 2.68 bits per heavy atom. The van der Waals surface area contributed by atoms with Crippen LogP contribution in [0, 0.1) is 12.7 Å². The molecular weight excluding hydrogens is 249 g/mol. The second-order valence-corrected chi connectivity index (χ2v) is 4.58. The summed E-state index contributed by atoms with van der Waals surface area (Å²) in [5.41, 5.74) is 6.37. The van der Waals surface area contributed by atoms with E-state index in [1.165, 1.54) is 17.0 Å². The van der Waals surface area contributed by atoms with E-state index in [0.29, 0.717) is 5.56 Å². The first-order chi connectivity index (χ1) is 8.85. The number of carbonyl (C=O) groups is 1. The Morgan fingerprint density at radius 1 is 1.53 bits per heavy atom. The molecule has 0 saturated heterocycles. The van der Waals surface area contributed by atoms with Gasteiger partial charge >= 0.3 is 0 Å². The number of nitrogens with zero attached hydrogens (tertiary/aromatic N) is 2. The molecule has 0 fully saturated rings. The van der Waals surface area contributed by atoms with Crippen LogP contribution in [0.1, 0.15) is 29.3 Å². The van der Waals surface area contributed by atoms with Crippen LogP contribution in [0.5, 0.6) is 0 Å². The van der Waals surface area contributed by atoms with E-state index in [-0.39, 0.29) is 29.8 Å². The number of nitrogens with two attached hydrogens (primary N) is 1. The molecule has 1 rings (SSSR count). The molecule has 6 heteroatoms. The average Bonchev–Trinajstić information content (AvgIpc) is 2.35. The molecule has 0 aliphatic rings. The highest BCUT2D eigenvalue weighted by Crippen LogP contribution is 2.13. The molecule has 0 saturated carbocycles.